The van der Waals surface area contributed by atoms with Crippen molar-refractivity contribution in [2.75, 3.05) is 0 Å². The van der Waals surface area contributed by atoms with Crippen molar-refractivity contribution in [3.63, 3.8) is 0 Å². The minimum absolute atomic E-state index is 0. The van der Waals surface area contributed by atoms with E-state index in [0.29, 0.717) is 12.5 Å². The molecule has 1 unspecified atom stereocenters. The van der Waals surface area contributed by atoms with E-state index in [1.54, 1.807) is 20.8 Å². The second-order valence-electron chi connectivity index (χ2n) is 5.01. The Kier molecular flexibility index (Phi) is 8.39. The van der Waals surface area contributed by atoms with E-state index >= 15 is 0 Å². The summed E-state index contributed by atoms with van der Waals surface area (Å²) in [5, 5.41) is 0. The zero-order chi connectivity index (χ0) is 13.3. The molecule has 0 saturated heterocycles. The molecule has 1 aromatic carbocycles. The molecule has 2 rings (SSSR count). The van der Waals surface area contributed by atoms with Crippen molar-refractivity contribution in [3.8, 4) is 0 Å². The van der Waals surface area contributed by atoms with Crippen LogP contribution in [0.15, 0.2) is 41.0 Å². The molecule has 1 nitrogen and oxygen atoms in total. The van der Waals surface area contributed by atoms with Gasteiger partial charge in [-0.05, 0) is 0 Å². The number of hydrogen-bond acceptors (Lipinski definition) is 1. The topological polar surface area (TPSA) is 9.23 Å². The third-order valence-electron chi connectivity index (χ3n) is 4.18. The van der Waals surface area contributed by atoms with Gasteiger partial charge in [-0.1, -0.05) is 0 Å². The normalized spacial score (nSPS) is 18.0. The largest absolute Gasteiger partial charge is 1.00 e. The van der Waals surface area contributed by atoms with Gasteiger partial charge in [-0.3, -0.25) is 0 Å². The molecule has 0 radical (unpaired) electrons. The molecule has 0 N–H and O–H groups in total. The van der Waals surface area contributed by atoms with Crippen LogP contribution >= 0.6 is 0 Å². The van der Waals surface area contributed by atoms with E-state index in [0.717, 1.165) is 0 Å². The molecule has 1 aliphatic rings. The zero-order valence-corrected chi connectivity index (χ0v) is 15.3. The van der Waals surface area contributed by atoms with Crippen LogP contribution < -0.4 is 24.8 Å². The van der Waals surface area contributed by atoms with Crippen LogP contribution in [0, 0.1) is 5.92 Å². The maximum Gasteiger partial charge on any atom is -1.00 e. The summed E-state index contributed by atoms with van der Waals surface area (Å²) in [5.74, 6) is 0.517. The van der Waals surface area contributed by atoms with Gasteiger partial charge in [0.1, 0.15) is 0 Å². The summed E-state index contributed by atoms with van der Waals surface area (Å²) in [6, 6.07) is 8.58. The summed E-state index contributed by atoms with van der Waals surface area (Å²) >= 11 is 1.75. The molecule has 0 bridgehead atoms. The minimum atomic E-state index is 0. The fourth-order valence-electron chi connectivity index (χ4n) is 2.79. The molecule has 0 aromatic heterocycles. The van der Waals surface area contributed by atoms with Gasteiger partial charge >= 0.3 is 122 Å². The standard InChI is InChI=1S/C16H19O.2ClH.Ti/c1-10-11(2)13(4)16(12(10)3)15-8-6-5-7-14(15)9-17;;;/h5-8,12H,9H2,1-4H3;2*1H;/q-1;;;+3/p-2. The summed E-state index contributed by atoms with van der Waals surface area (Å²) in [6.45, 7) is 9.69. The Bertz CT molecular complexity index is 535. The van der Waals surface area contributed by atoms with Crippen LogP contribution in [-0.2, 0) is 30.7 Å². The Hall–Kier alpha value is -0.0457. The predicted molar refractivity (Wildman–Crippen MR) is 71.4 cm³/mol. The molecular weight excluding hydrogens is 327 g/mol. The van der Waals surface area contributed by atoms with Crippen LogP contribution in [0.25, 0.3) is 5.57 Å². The quantitative estimate of drug-likeness (QED) is 0.602. The van der Waals surface area contributed by atoms with Gasteiger partial charge in [-0.25, -0.2) is 0 Å². The van der Waals surface area contributed by atoms with Crippen LogP contribution in [0.5, 0.6) is 0 Å². The maximum atomic E-state index is 5.32. The molecule has 4 heteroatoms. The van der Waals surface area contributed by atoms with Crippen molar-refractivity contribution < 1.29 is 49.0 Å². The van der Waals surface area contributed by atoms with Gasteiger partial charge in [-0.2, -0.15) is 0 Å². The van der Waals surface area contributed by atoms with E-state index in [-0.39, 0.29) is 24.8 Å². The van der Waals surface area contributed by atoms with Crippen molar-refractivity contribution in [2.24, 2.45) is 5.92 Å². The fraction of sp³-hybridized carbons (Fsp3) is 0.375. The van der Waals surface area contributed by atoms with Gasteiger partial charge in [-0.15, -0.1) is 0 Å². The molecule has 0 heterocycles. The summed E-state index contributed by atoms with van der Waals surface area (Å²) in [4.78, 5) is 0. The molecule has 0 aliphatic heterocycles. The third-order valence-corrected chi connectivity index (χ3v) is 4.40. The zero-order valence-electron chi connectivity index (χ0n) is 12.3. The predicted octanol–water partition coefficient (Wildman–Crippen LogP) is -1.57. The minimum Gasteiger partial charge on any atom is -1.00 e. The number of benzene rings is 1. The van der Waals surface area contributed by atoms with Crippen LogP contribution in [0.4, 0.5) is 0 Å². The molecule has 0 saturated carbocycles. The fourth-order valence-corrected chi connectivity index (χ4v) is 3.03. The van der Waals surface area contributed by atoms with Gasteiger partial charge < -0.3 is 24.8 Å². The summed E-state index contributed by atoms with van der Waals surface area (Å²) in [6.07, 6.45) is 0. The van der Waals surface area contributed by atoms with E-state index in [9.17, 15) is 0 Å². The molecular formula is C16H19Cl2OTi. The van der Waals surface area contributed by atoms with Gasteiger partial charge in [0, 0.05) is 0 Å². The van der Waals surface area contributed by atoms with Gasteiger partial charge in [0.05, 0.1) is 0 Å². The molecule has 0 spiro atoms. The number of allylic oxidation sites excluding steroid dienone is 4. The van der Waals surface area contributed by atoms with Crippen molar-refractivity contribution >= 4 is 5.57 Å². The SMILES string of the molecule is CC1=C(C)C(C)C(c2ccccc2C[O][Ti+2])=C1C.[Cl-].[Cl-]. The van der Waals surface area contributed by atoms with Crippen LogP contribution in [-0.4, -0.2) is 0 Å². The number of hydrogen-bond donors (Lipinski definition) is 0. The van der Waals surface area contributed by atoms with Gasteiger partial charge in [0.25, 0.3) is 0 Å². The van der Waals surface area contributed by atoms with E-state index in [1.807, 2.05) is 0 Å². The first-order chi connectivity index (χ1) is 8.57. The summed E-state index contributed by atoms with van der Waals surface area (Å²) in [5.41, 5.74) is 8.48. The molecule has 0 amide bonds. The Balaban J connectivity index is 0.00000180. The molecule has 1 atom stereocenters. The first-order valence-corrected chi connectivity index (χ1v) is 6.97. The third kappa shape index (κ3) is 3.58. The average molecular weight is 346 g/mol. The van der Waals surface area contributed by atoms with Crippen molar-refractivity contribution in [3.05, 3.63) is 52.1 Å². The van der Waals surface area contributed by atoms with E-state index in [2.05, 4.69) is 52.0 Å². The average Bonchev–Trinajstić information content (AvgIpc) is 2.56. The van der Waals surface area contributed by atoms with Crippen molar-refractivity contribution in [2.45, 2.75) is 34.3 Å². The monoisotopic (exact) mass is 345 g/mol. The van der Waals surface area contributed by atoms with E-state index < -0.39 is 0 Å². The molecule has 1 aromatic rings. The Morgan fingerprint density at radius 1 is 1.05 bits per heavy atom. The van der Waals surface area contributed by atoms with Crippen LogP contribution in [0.1, 0.15) is 38.8 Å². The Labute approximate surface area is 146 Å². The van der Waals surface area contributed by atoms with Crippen LogP contribution in [0.3, 0.4) is 0 Å². The Morgan fingerprint density at radius 2 is 1.65 bits per heavy atom. The van der Waals surface area contributed by atoms with Crippen molar-refractivity contribution in [1.29, 1.82) is 0 Å². The van der Waals surface area contributed by atoms with E-state index in [1.165, 1.54) is 33.4 Å². The van der Waals surface area contributed by atoms with Gasteiger partial charge in [0.2, 0.25) is 0 Å². The Morgan fingerprint density at radius 3 is 2.15 bits per heavy atom. The summed E-state index contributed by atoms with van der Waals surface area (Å²) < 4.78 is 5.32. The number of rotatable bonds is 3. The first-order valence-electron chi connectivity index (χ1n) is 6.33. The molecule has 1 aliphatic carbocycles. The summed E-state index contributed by atoms with van der Waals surface area (Å²) in [7, 11) is 0. The van der Waals surface area contributed by atoms with Crippen molar-refractivity contribution in [1.82, 2.24) is 0 Å². The maximum absolute atomic E-state index is 5.32. The first kappa shape index (κ1) is 20.0. The molecule has 0 fully saturated rings. The smallest absolute Gasteiger partial charge is 1.00 e. The second kappa shape index (κ2) is 8.41. The molecule has 107 valence electrons. The van der Waals surface area contributed by atoms with Gasteiger partial charge in [0.15, 0.2) is 0 Å². The van der Waals surface area contributed by atoms with E-state index in [4.69, 9.17) is 3.32 Å². The molecule has 20 heavy (non-hydrogen) atoms. The number of halogens is 2. The van der Waals surface area contributed by atoms with Crippen LogP contribution in [0.2, 0.25) is 0 Å². The second-order valence-corrected chi connectivity index (χ2v) is 5.46.